The average molecular weight is 251 g/mol. The highest BCUT2D eigenvalue weighted by Crippen LogP contribution is 2.26. The number of para-hydroxylation sites is 1. The van der Waals surface area contributed by atoms with Crippen molar-refractivity contribution in [3.8, 4) is 5.69 Å². The SMILES string of the molecule is CC(C)c1ccccc1-n1cnc2cc(N)ccc21. The van der Waals surface area contributed by atoms with Crippen LogP contribution in [0.4, 0.5) is 5.69 Å². The molecule has 0 radical (unpaired) electrons. The first-order valence-corrected chi connectivity index (χ1v) is 6.48. The normalized spacial score (nSPS) is 11.3. The van der Waals surface area contributed by atoms with Crippen molar-refractivity contribution in [2.75, 3.05) is 5.73 Å². The van der Waals surface area contributed by atoms with E-state index >= 15 is 0 Å². The van der Waals surface area contributed by atoms with Gasteiger partial charge in [0.05, 0.1) is 16.7 Å². The molecule has 96 valence electrons. The van der Waals surface area contributed by atoms with E-state index in [9.17, 15) is 0 Å². The molecule has 0 spiro atoms. The number of fused-ring (bicyclic) bond motifs is 1. The summed E-state index contributed by atoms with van der Waals surface area (Å²) in [5.41, 5.74) is 11.1. The minimum Gasteiger partial charge on any atom is -0.399 e. The second kappa shape index (κ2) is 4.43. The molecular formula is C16H17N3. The number of hydrogen-bond donors (Lipinski definition) is 1. The number of nitrogens with two attached hydrogens (primary N) is 1. The maximum absolute atomic E-state index is 5.80. The molecule has 0 saturated carbocycles. The fourth-order valence-corrected chi connectivity index (χ4v) is 2.42. The Labute approximate surface area is 112 Å². The zero-order valence-electron chi connectivity index (χ0n) is 11.2. The van der Waals surface area contributed by atoms with Gasteiger partial charge in [-0.05, 0) is 35.7 Å². The Morgan fingerprint density at radius 2 is 1.89 bits per heavy atom. The van der Waals surface area contributed by atoms with Crippen LogP contribution < -0.4 is 5.73 Å². The molecule has 0 saturated heterocycles. The number of nitrogen functional groups attached to an aromatic ring is 1. The highest BCUT2D eigenvalue weighted by Gasteiger charge is 2.10. The number of aromatic nitrogens is 2. The summed E-state index contributed by atoms with van der Waals surface area (Å²) in [6.45, 7) is 4.41. The van der Waals surface area contributed by atoms with Gasteiger partial charge in [-0.1, -0.05) is 32.0 Å². The third-order valence-electron chi connectivity index (χ3n) is 3.39. The van der Waals surface area contributed by atoms with E-state index in [4.69, 9.17) is 5.73 Å². The van der Waals surface area contributed by atoms with Gasteiger partial charge >= 0.3 is 0 Å². The molecule has 0 aliphatic rings. The monoisotopic (exact) mass is 251 g/mol. The van der Waals surface area contributed by atoms with Crippen LogP contribution in [0.5, 0.6) is 0 Å². The molecule has 0 aliphatic carbocycles. The molecule has 0 unspecified atom stereocenters. The zero-order chi connectivity index (χ0) is 13.4. The topological polar surface area (TPSA) is 43.8 Å². The van der Waals surface area contributed by atoms with Crippen LogP contribution in [0.15, 0.2) is 48.8 Å². The Balaban J connectivity index is 2.25. The van der Waals surface area contributed by atoms with Gasteiger partial charge in [0.15, 0.2) is 0 Å². The van der Waals surface area contributed by atoms with E-state index in [-0.39, 0.29) is 0 Å². The molecule has 3 aromatic rings. The minimum absolute atomic E-state index is 0.474. The van der Waals surface area contributed by atoms with Gasteiger partial charge in [0.1, 0.15) is 6.33 Å². The van der Waals surface area contributed by atoms with Crippen LogP contribution in [0.1, 0.15) is 25.3 Å². The Kier molecular flexibility index (Phi) is 2.75. The van der Waals surface area contributed by atoms with E-state index in [1.165, 1.54) is 11.3 Å². The van der Waals surface area contributed by atoms with Gasteiger partial charge in [0, 0.05) is 5.69 Å². The summed E-state index contributed by atoms with van der Waals surface area (Å²) in [5, 5.41) is 0. The Morgan fingerprint density at radius 1 is 1.11 bits per heavy atom. The van der Waals surface area contributed by atoms with Crippen molar-refractivity contribution in [3.05, 3.63) is 54.4 Å². The van der Waals surface area contributed by atoms with E-state index in [2.05, 4.69) is 47.7 Å². The fraction of sp³-hybridized carbons (Fsp3) is 0.188. The summed E-state index contributed by atoms with van der Waals surface area (Å²) in [6, 6.07) is 14.3. The molecule has 0 atom stereocenters. The van der Waals surface area contributed by atoms with Crippen LogP contribution in [-0.2, 0) is 0 Å². The largest absolute Gasteiger partial charge is 0.399 e. The van der Waals surface area contributed by atoms with Crippen LogP contribution in [0.2, 0.25) is 0 Å². The van der Waals surface area contributed by atoms with E-state index in [1.54, 1.807) is 0 Å². The van der Waals surface area contributed by atoms with Crippen molar-refractivity contribution >= 4 is 16.7 Å². The predicted molar refractivity (Wildman–Crippen MR) is 79.6 cm³/mol. The van der Waals surface area contributed by atoms with Crippen LogP contribution in [0.3, 0.4) is 0 Å². The lowest BCUT2D eigenvalue weighted by atomic mass is 10.0. The molecule has 1 aromatic heterocycles. The van der Waals surface area contributed by atoms with Crippen LogP contribution in [-0.4, -0.2) is 9.55 Å². The fourth-order valence-electron chi connectivity index (χ4n) is 2.42. The third-order valence-corrected chi connectivity index (χ3v) is 3.39. The molecule has 0 aliphatic heterocycles. The maximum Gasteiger partial charge on any atom is 0.100 e. The first-order valence-electron chi connectivity index (χ1n) is 6.48. The lowest BCUT2D eigenvalue weighted by Crippen LogP contribution is -1.99. The molecule has 2 aromatic carbocycles. The molecule has 2 N–H and O–H groups in total. The second-order valence-electron chi connectivity index (χ2n) is 5.08. The van der Waals surface area contributed by atoms with Crippen molar-refractivity contribution in [2.45, 2.75) is 19.8 Å². The van der Waals surface area contributed by atoms with E-state index in [1.807, 2.05) is 24.5 Å². The number of rotatable bonds is 2. The van der Waals surface area contributed by atoms with Gasteiger partial charge in [-0.15, -0.1) is 0 Å². The number of imidazole rings is 1. The molecule has 0 amide bonds. The van der Waals surface area contributed by atoms with Gasteiger partial charge in [-0.25, -0.2) is 4.98 Å². The molecule has 19 heavy (non-hydrogen) atoms. The van der Waals surface area contributed by atoms with E-state index in [0.29, 0.717) is 5.92 Å². The van der Waals surface area contributed by atoms with Crippen LogP contribution in [0, 0.1) is 0 Å². The average Bonchev–Trinajstić information content (AvgIpc) is 2.81. The quantitative estimate of drug-likeness (QED) is 0.705. The maximum atomic E-state index is 5.80. The van der Waals surface area contributed by atoms with Gasteiger partial charge in [0.2, 0.25) is 0 Å². The van der Waals surface area contributed by atoms with E-state index in [0.717, 1.165) is 16.7 Å². The summed E-state index contributed by atoms with van der Waals surface area (Å²) in [4.78, 5) is 4.44. The Bertz CT molecular complexity index is 726. The van der Waals surface area contributed by atoms with E-state index < -0.39 is 0 Å². The minimum atomic E-state index is 0.474. The lowest BCUT2D eigenvalue weighted by molar-refractivity contribution is 0.849. The summed E-state index contributed by atoms with van der Waals surface area (Å²) >= 11 is 0. The molecule has 3 rings (SSSR count). The standard InChI is InChI=1S/C16H17N3/c1-11(2)13-5-3-4-6-15(13)19-10-18-14-9-12(17)7-8-16(14)19/h3-11H,17H2,1-2H3. The zero-order valence-corrected chi connectivity index (χ0v) is 11.2. The Morgan fingerprint density at radius 3 is 2.68 bits per heavy atom. The summed E-state index contributed by atoms with van der Waals surface area (Å²) in [7, 11) is 0. The van der Waals surface area contributed by atoms with Gasteiger partial charge in [-0.2, -0.15) is 0 Å². The lowest BCUT2D eigenvalue weighted by Gasteiger charge is -2.13. The van der Waals surface area contributed by atoms with Crippen molar-refractivity contribution in [1.82, 2.24) is 9.55 Å². The highest BCUT2D eigenvalue weighted by molar-refractivity contribution is 5.81. The first kappa shape index (κ1) is 11.8. The summed E-state index contributed by atoms with van der Waals surface area (Å²) in [5.74, 6) is 0.474. The molecule has 0 fully saturated rings. The number of anilines is 1. The van der Waals surface area contributed by atoms with Crippen LogP contribution in [0.25, 0.3) is 16.7 Å². The van der Waals surface area contributed by atoms with Crippen molar-refractivity contribution < 1.29 is 0 Å². The number of hydrogen-bond acceptors (Lipinski definition) is 2. The molecule has 3 heteroatoms. The second-order valence-corrected chi connectivity index (χ2v) is 5.08. The summed E-state index contributed by atoms with van der Waals surface area (Å²) < 4.78 is 2.13. The highest BCUT2D eigenvalue weighted by atomic mass is 15.0. The molecule has 3 nitrogen and oxygen atoms in total. The smallest absolute Gasteiger partial charge is 0.100 e. The molecule has 1 heterocycles. The van der Waals surface area contributed by atoms with Gasteiger partial charge < -0.3 is 5.73 Å². The predicted octanol–water partition coefficient (Wildman–Crippen LogP) is 3.73. The van der Waals surface area contributed by atoms with Crippen molar-refractivity contribution in [2.24, 2.45) is 0 Å². The van der Waals surface area contributed by atoms with Crippen molar-refractivity contribution in [3.63, 3.8) is 0 Å². The number of nitrogens with zero attached hydrogens (tertiary/aromatic N) is 2. The van der Waals surface area contributed by atoms with Crippen LogP contribution >= 0.6 is 0 Å². The summed E-state index contributed by atoms with van der Waals surface area (Å²) in [6.07, 6.45) is 1.87. The third kappa shape index (κ3) is 1.97. The molecular weight excluding hydrogens is 234 g/mol. The number of benzene rings is 2. The van der Waals surface area contributed by atoms with Crippen molar-refractivity contribution in [1.29, 1.82) is 0 Å². The van der Waals surface area contributed by atoms with Gasteiger partial charge in [-0.3, -0.25) is 4.57 Å². The van der Waals surface area contributed by atoms with Gasteiger partial charge in [0.25, 0.3) is 0 Å². The Hall–Kier alpha value is -2.29. The first-order chi connectivity index (χ1) is 9.16. The molecule has 0 bridgehead atoms.